The fraction of sp³-hybridized carbons (Fsp3) is 0.0714. The first kappa shape index (κ1) is 18.1. The smallest absolute Gasteiger partial charge is 0.0622 e. The van der Waals surface area contributed by atoms with Crippen molar-refractivity contribution in [3.8, 4) is 0 Å². The van der Waals surface area contributed by atoms with Gasteiger partial charge >= 0.3 is 0 Å². The molecule has 1 aliphatic heterocycles. The van der Waals surface area contributed by atoms with Crippen molar-refractivity contribution in [3.05, 3.63) is 132 Å². The maximum atomic E-state index is 2.37. The summed E-state index contributed by atoms with van der Waals surface area (Å²) in [6.45, 7) is 2.32. The minimum Gasteiger partial charge on any atom is -0.0622 e. The largest absolute Gasteiger partial charge is 0.141 e. The molecule has 1 aliphatic rings. The number of benzene rings is 4. The second-order valence-corrected chi connectivity index (χ2v) is 10.8. The van der Waals surface area contributed by atoms with E-state index in [2.05, 4.69) is 122 Å². The molecular formula is C28H24P+. The predicted octanol–water partition coefficient (Wildman–Crippen LogP) is 6.16. The minimum absolute atomic E-state index is 1.04. The molecule has 0 spiro atoms. The zero-order chi connectivity index (χ0) is 19.7. The van der Waals surface area contributed by atoms with Crippen LogP contribution in [0.2, 0.25) is 0 Å². The molecule has 0 aromatic heterocycles. The number of rotatable bonds is 4. The normalized spacial score (nSPS) is 14.7. The van der Waals surface area contributed by atoms with Gasteiger partial charge in [0.1, 0.15) is 23.2 Å². The van der Waals surface area contributed by atoms with Crippen LogP contribution in [-0.4, -0.2) is 0 Å². The SMILES string of the molecule is CCC1=C(c2ccccc2)c2ccccc2[P+]1(c1ccccc1)c1ccccc1. The summed E-state index contributed by atoms with van der Waals surface area (Å²) in [5, 5.41) is 5.97. The second-order valence-electron chi connectivity index (χ2n) is 7.40. The van der Waals surface area contributed by atoms with E-state index in [1.54, 1.807) is 5.31 Å². The topological polar surface area (TPSA) is 0 Å². The Morgan fingerprint density at radius 2 is 1.03 bits per heavy atom. The second kappa shape index (κ2) is 7.47. The lowest BCUT2D eigenvalue weighted by Gasteiger charge is -2.26. The average Bonchev–Trinajstić information content (AvgIpc) is 3.12. The first-order valence-electron chi connectivity index (χ1n) is 10.3. The van der Waals surface area contributed by atoms with Gasteiger partial charge in [-0.3, -0.25) is 0 Å². The third-order valence-corrected chi connectivity index (χ3v) is 10.5. The molecule has 0 N–H and O–H groups in total. The average molecular weight is 391 g/mol. The quantitative estimate of drug-likeness (QED) is 0.365. The van der Waals surface area contributed by atoms with Crippen LogP contribution < -0.4 is 15.9 Å². The highest BCUT2D eigenvalue weighted by atomic mass is 31.2. The van der Waals surface area contributed by atoms with E-state index in [0.717, 1.165) is 6.42 Å². The van der Waals surface area contributed by atoms with E-state index in [0.29, 0.717) is 0 Å². The maximum absolute atomic E-state index is 2.37. The lowest BCUT2D eigenvalue weighted by atomic mass is 9.97. The number of hydrogen-bond donors (Lipinski definition) is 0. The molecular weight excluding hydrogens is 367 g/mol. The van der Waals surface area contributed by atoms with Crippen molar-refractivity contribution in [2.45, 2.75) is 13.3 Å². The van der Waals surface area contributed by atoms with Crippen LogP contribution in [0.5, 0.6) is 0 Å². The molecule has 29 heavy (non-hydrogen) atoms. The van der Waals surface area contributed by atoms with Crippen molar-refractivity contribution in [1.82, 2.24) is 0 Å². The Balaban J connectivity index is 1.96. The Morgan fingerprint density at radius 3 is 1.59 bits per heavy atom. The van der Waals surface area contributed by atoms with Gasteiger partial charge in [0.05, 0.1) is 5.31 Å². The summed E-state index contributed by atoms with van der Waals surface area (Å²) in [6, 6.07) is 42.4. The van der Waals surface area contributed by atoms with Crippen molar-refractivity contribution in [3.63, 3.8) is 0 Å². The molecule has 0 unspecified atom stereocenters. The molecule has 0 atom stereocenters. The van der Waals surface area contributed by atoms with Gasteiger partial charge in [-0.05, 0) is 35.9 Å². The number of fused-ring (bicyclic) bond motifs is 1. The molecule has 1 heterocycles. The van der Waals surface area contributed by atoms with Gasteiger partial charge in [-0.1, -0.05) is 91.9 Å². The van der Waals surface area contributed by atoms with E-state index in [1.165, 1.54) is 32.6 Å². The van der Waals surface area contributed by atoms with Crippen LogP contribution in [0.15, 0.2) is 121 Å². The Morgan fingerprint density at radius 1 is 0.552 bits per heavy atom. The van der Waals surface area contributed by atoms with Crippen molar-refractivity contribution in [2.24, 2.45) is 0 Å². The molecule has 0 amide bonds. The zero-order valence-electron chi connectivity index (χ0n) is 16.6. The molecule has 4 aromatic rings. The predicted molar refractivity (Wildman–Crippen MR) is 128 cm³/mol. The summed E-state index contributed by atoms with van der Waals surface area (Å²) in [4.78, 5) is 0. The Labute approximate surface area is 173 Å². The summed E-state index contributed by atoms with van der Waals surface area (Å²) in [6.07, 6.45) is 1.04. The van der Waals surface area contributed by atoms with Crippen LogP contribution in [0.4, 0.5) is 0 Å². The monoisotopic (exact) mass is 391 g/mol. The van der Waals surface area contributed by atoms with Gasteiger partial charge in [0.25, 0.3) is 0 Å². The summed E-state index contributed by atoms with van der Waals surface area (Å²) >= 11 is 0. The molecule has 0 fully saturated rings. The number of allylic oxidation sites excluding steroid dienone is 1. The zero-order valence-corrected chi connectivity index (χ0v) is 17.5. The van der Waals surface area contributed by atoms with E-state index >= 15 is 0 Å². The van der Waals surface area contributed by atoms with Gasteiger partial charge in [0, 0.05) is 17.6 Å². The molecule has 0 saturated heterocycles. The van der Waals surface area contributed by atoms with E-state index < -0.39 is 7.26 Å². The molecule has 4 aromatic carbocycles. The Kier molecular flexibility index (Phi) is 4.66. The highest BCUT2D eigenvalue weighted by Crippen LogP contribution is 2.70. The molecule has 0 nitrogen and oxygen atoms in total. The fourth-order valence-electron chi connectivity index (χ4n) is 4.83. The standard InChI is InChI=1S/C28H24P/c1-2-26-28(22-14-6-3-7-15-22)25-20-12-13-21-27(25)29(26,23-16-8-4-9-17-23)24-18-10-5-11-19-24/h3-21H,2H2,1H3/q+1. The van der Waals surface area contributed by atoms with E-state index in [1.807, 2.05) is 0 Å². The van der Waals surface area contributed by atoms with Gasteiger partial charge in [-0.15, -0.1) is 0 Å². The van der Waals surface area contributed by atoms with Crippen molar-refractivity contribution in [2.75, 3.05) is 0 Å². The lowest BCUT2D eigenvalue weighted by molar-refractivity contribution is 1.20. The van der Waals surface area contributed by atoms with Gasteiger partial charge in [0.2, 0.25) is 0 Å². The summed E-state index contributed by atoms with van der Waals surface area (Å²) in [5.74, 6) is 0. The van der Waals surface area contributed by atoms with Crippen LogP contribution >= 0.6 is 7.26 Å². The Hall–Kier alpha value is -2.95. The van der Waals surface area contributed by atoms with Crippen molar-refractivity contribution >= 4 is 28.7 Å². The van der Waals surface area contributed by atoms with Crippen LogP contribution in [0.1, 0.15) is 24.5 Å². The molecule has 5 rings (SSSR count). The molecule has 1 heteroatoms. The van der Waals surface area contributed by atoms with Crippen LogP contribution in [-0.2, 0) is 0 Å². The summed E-state index contributed by atoms with van der Waals surface area (Å²) < 4.78 is 0. The third kappa shape index (κ3) is 2.71. The lowest BCUT2D eigenvalue weighted by Crippen LogP contribution is -2.30. The van der Waals surface area contributed by atoms with Crippen LogP contribution in [0.3, 0.4) is 0 Å². The van der Waals surface area contributed by atoms with Gasteiger partial charge in [-0.25, -0.2) is 0 Å². The van der Waals surface area contributed by atoms with E-state index in [9.17, 15) is 0 Å². The first-order chi connectivity index (χ1) is 14.4. The van der Waals surface area contributed by atoms with Crippen LogP contribution in [0, 0.1) is 0 Å². The Bertz CT molecular complexity index is 1120. The number of hydrogen-bond acceptors (Lipinski definition) is 0. The first-order valence-corrected chi connectivity index (χ1v) is 12.1. The summed E-state index contributed by atoms with van der Waals surface area (Å²) in [7, 11) is -1.89. The van der Waals surface area contributed by atoms with Crippen molar-refractivity contribution < 1.29 is 0 Å². The van der Waals surface area contributed by atoms with Crippen LogP contribution in [0.25, 0.3) is 5.57 Å². The molecule has 0 saturated carbocycles. The molecule has 0 aliphatic carbocycles. The highest BCUT2D eigenvalue weighted by Gasteiger charge is 2.55. The van der Waals surface area contributed by atoms with Crippen molar-refractivity contribution in [1.29, 1.82) is 0 Å². The summed E-state index contributed by atoms with van der Waals surface area (Å²) in [5.41, 5.74) is 4.16. The van der Waals surface area contributed by atoms with E-state index in [4.69, 9.17) is 0 Å². The molecule has 0 radical (unpaired) electrons. The minimum atomic E-state index is -1.89. The molecule has 140 valence electrons. The van der Waals surface area contributed by atoms with Gasteiger partial charge < -0.3 is 0 Å². The highest BCUT2D eigenvalue weighted by molar-refractivity contribution is 7.99. The van der Waals surface area contributed by atoms with Gasteiger partial charge in [-0.2, -0.15) is 0 Å². The molecule has 0 bridgehead atoms. The van der Waals surface area contributed by atoms with Gasteiger partial charge in [0.15, 0.2) is 0 Å². The fourth-order valence-corrected chi connectivity index (χ4v) is 9.75. The maximum Gasteiger partial charge on any atom is 0.141 e. The van der Waals surface area contributed by atoms with E-state index in [-0.39, 0.29) is 0 Å². The third-order valence-electron chi connectivity index (χ3n) is 5.91.